The number of aliphatic imine (C=N–C) groups is 4. The van der Waals surface area contributed by atoms with Gasteiger partial charge in [0.05, 0.1) is 0 Å². The Morgan fingerprint density at radius 3 is 0.759 bits per heavy atom. The van der Waals surface area contributed by atoms with Gasteiger partial charge in [-0.2, -0.15) is 0 Å². The standard InChI is InChI=1S/C46H40N4O2.2Cu/c1-31-23-37-27-47-41(33-15-7-3-8-16-33)43(35-19-11-5-12-20-35)49-29-39-25-32(2)26-40(46(39)52)30-50-44(36-21-13-6-14-22-36)42(34-17-9-4-10-18-34)48-28-38(24-31)45(37)51;;/h3-30,41-44,51-52H,1-2H3;;/q;2*+1. The van der Waals surface area contributed by atoms with Crippen LogP contribution in [-0.4, -0.2) is 35.1 Å². The molecule has 0 saturated carbocycles. The smallest absolute Gasteiger partial charge is 0.507 e. The zero-order valence-electron chi connectivity index (χ0n) is 29.8. The average molecular weight is 808 g/mol. The first-order valence-corrected chi connectivity index (χ1v) is 17.4. The van der Waals surface area contributed by atoms with Crippen molar-refractivity contribution in [2.75, 3.05) is 0 Å². The molecular weight excluding hydrogens is 768 g/mol. The summed E-state index contributed by atoms with van der Waals surface area (Å²) >= 11 is 0. The van der Waals surface area contributed by atoms with Crippen molar-refractivity contribution in [3.8, 4) is 11.5 Å². The first-order valence-electron chi connectivity index (χ1n) is 17.4. The second-order valence-electron chi connectivity index (χ2n) is 13.1. The molecule has 2 N–H and O–H groups in total. The summed E-state index contributed by atoms with van der Waals surface area (Å²) in [5.41, 5.74) is 8.09. The zero-order valence-corrected chi connectivity index (χ0v) is 31.6. The number of aryl methyl sites for hydroxylation is 2. The average Bonchev–Trinajstić information content (AvgIpc) is 3.18. The first-order chi connectivity index (χ1) is 25.4. The van der Waals surface area contributed by atoms with E-state index in [1.807, 2.05) is 159 Å². The van der Waals surface area contributed by atoms with E-state index in [9.17, 15) is 10.2 Å². The molecule has 6 aromatic carbocycles. The fourth-order valence-corrected chi connectivity index (χ4v) is 6.71. The van der Waals surface area contributed by atoms with Crippen molar-refractivity contribution in [2.24, 2.45) is 20.0 Å². The molecule has 1 heterocycles. The molecule has 4 unspecified atom stereocenters. The van der Waals surface area contributed by atoms with E-state index in [0.717, 1.165) is 33.4 Å². The third-order valence-electron chi connectivity index (χ3n) is 9.29. The molecule has 1 aliphatic heterocycles. The molecule has 1 aliphatic rings. The number of aromatic hydroxyl groups is 2. The van der Waals surface area contributed by atoms with Crippen LogP contribution in [-0.2, 0) is 34.1 Å². The Bertz CT molecular complexity index is 1950. The summed E-state index contributed by atoms with van der Waals surface area (Å²) in [6.07, 6.45) is 6.94. The van der Waals surface area contributed by atoms with E-state index in [1.54, 1.807) is 24.9 Å². The third kappa shape index (κ3) is 9.22. The van der Waals surface area contributed by atoms with E-state index in [2.05, 4.69) is 0 Å². The molecule has 0 aromatic heterocycles. The van der Waals surface area contributed by atoms with Gasteiger partial charge in [-0.3, -0.25) is 20.0 Å². The number of hydrogen-bond acceptors (Lipinski definition) is 6. The van der Waals surface area contributed by atoms with Gasteiger partial charge in [0.2, 0.25) is 0 Å². The number of phenols is 2. The topological polar surface area (TPSA) is 89.9 Å². The Morgan fingerprint density at radius 1 is 0.352 bits per heavy atom. The van der Waals surface area contributed by atoms with Crippen LogP contribution >= 0.6 is 0 Å². The van der Waals surface area contributed by atoms with E-state index in [4.69, 9.17) is 20.0 Å². The number of rotatable bonds is 4. The van der Waals surface area contributed by atoms with Crippen LogP contribution in [0.5, 0.6) is 11.5 Å². The molecule has 0 fully saturated rings. The number of nitrogens with zero attached hydrogens (tertiary/aromatic N) is 4. The molecule has 0 radical (unpaired) electrons. The minimum absolute atomic E-state index is 0. The summed E-state index contributed by atoms with van der Waals surface area (Å²) in [6.45, 7) is 4.00. The van der Waals surface area contributed by atoms with Gasteiger partial charge in [-0.15, -0.1) is 0 Å². The van der Waals surface area contributed by atoms with Crippen molar-refractivity contribution in [3.05, 3.63) is 201 Å². The van der Waals surface area contributed by atoms with E-state index >= 15 is 0 Å². The van der Waals surface area contributed by atoms with Crippen LogP contribution in [0.2, 0.25) is 0 Å². The molecule has 7 rings (SSSR count). The van der Waals surface area contributed by atoms with Gasteiger partial charge in [-0.25, -0.2) is 0 Å². The van der Waals surface area contributed by atoms with Crippen LogP contribution < -0.4 is 0 Å². The maximum absolute atomic E-state index is 11.7. The van der Waals surface area contributed by atoms with Gasteiger partial charge >= 0.3 is 34.1 Å². The van der Waals surface area contributed by atoms with Gasteiger partial charge in [-0.1, -0.05) is 121 Å². The van der Waals surface area contributed by atoms with Gasteiger partial charge in [0.25, 0.3) is 0 Å². The summed E-state index contributed by atoms with van der Waals surface area (Å²) in [5.74, 6) is 0.181. The maximum atomic E-state index is 11.7. The molecule has 6 aromatic rings. The normalized spacial score (nSPS) is 18.1. The summed E-state index contributed by atoms with van der Waals surface area (Å²) in [5, 5.41) is 23.4. The van der Waals surface area contributed by atoms with Crippen LogP contribution in [0.3, 0.4) is 0 Å². The van der Waals surface area contributed by atoms with E-state index < -0.39 is 24.2 Å². The molecule has 54 heavy (non-hydrogen) atoms. The van der Waals surface area contributed by atoms with Crippen LogP contribution in [0.4, 0.5) is 0 Å². The molecule has 4 bridgehead atoms. The predicted molar refractivity (Wildman–Crippen MR) is 213 cm³/mol. The monoisotopic (exact) mass is 806 g/mol. The van der Waals surface area contributed by atoms with Crippen molar-refractivity contribution >= 4 is 24.9 Å². The van der Waals surface area contributed by atoms with Crippen molar-refractivity contribution < 1.29 is 44.4 Å². The minimum atomic E-state index is -0.446. The molecule has 0 amide bonds. The van der Waals surface area contributed by atoms with Crippen molar-refractivity contribution in [3.63, 3.8) is 0 Å². The Labute approximate surface area is 338 Å². The summed E-state index contributed by atoms with van der Waals surface area (Å²) < 4.78 is 0. The van der Waals surface area contributed by atoms with Crippen LogP contribution in [0, 0.1) is 13.8 Å². The second-order valence-corrected chi connectivity index (χ2v) is 13.1. The van der Waals surface area contributed by atoms with E-state index in [-0.39, 0.29) is 45.6 Å². The van der Waals surface area contributed by atoms with Crippen molar-refractivity contribution in [2.45, 2.75) is 38.0 Å². The summed E-state index contributed by atoms with van der Waals surface area (Å²) in [6, 6.07) is 46.1. The molecule has 0 aliphatic carbocycles. The largest absolute Gasteiger partial charge is 1.00 e. The molecule has 6 nitrogen and oxygen atoms in total. The third-order valence-corrected chi connectivity index (χ3v) is 9.29. The molecule has 0 spiro atoms. The zero-order chi connectivity index (χ0) is 35.9. The molecule has 0 saturated heterocycles. The maximum Gasteiger partial charge on any atom is 1.00 e. The number of phenolic OH excluding ortho intramolecular Hbond substituents is 2. The quantitative estimate of drug-likeness (QED) is 0.174. The van der Waals surface area contributed by atoms with E-state index in [1.165, 1.54) is 0 Å². The van der Waals surface area contributed by atoms with Gasteiger partial charge in [0, 0.05) is 47.1 Å². The molecule has 4 atom stereocenters. The second kappa shape index (κ2) is 18.6. The fourth-order valence-electron chi connectivity index (χ4n) is 6.71. The van der Waals surface area contributed by atoms with Gasteiger partial charge in [0.1, 0.15) is 35.7 Å². The van der Waals surface area contributed by atoms with Crippen LogP contribution in [0.1, 0.15) is 79.8 Å². The molecule has 8 heteroatoms. The molecular formula is C46H40Cu2N4O2+2. The number of fused-ring (bicyclic) bond motifs is 4. The fraction of sp³-hybridized carbons (Fsp3) is 0.130. The Kier molecular flexibility index (Phi) is 13.7. The Hall–Kier alpha value is -5.36. The van der Waals surface area contributed by atoms with Gasteiger partial charge in [-0.05, 0) is 71.5 Å². The van der Waals surface area contributed by atoms with Crippen molar-refractivity contribution in [1.82, 2.24) is 0 Å². The minimum Gasteiger partial charge on any atom is -0.507 e. The van der Waals surface area contributed by atoms with E-state index in [0.29, 0.717) is 22.3 Å². The summed E-state index contributed by atoms with van der Waals surface area (Å²) in [7, 11) is 0. The molecule has 276 valence electrons. The van der Waals surface area contributed by atoms with Crippen molar-refractivity contribution in [1.29, 1.82) is 0 Å². The first kappa shape index (κ1) is 39.8. The van der Waals surface area contributed by atoms with Gasteiger partial charge in [0.15, 0.2) is 0 Å². The number of hydrogen-bond donors (Lipinski definition) is 2. The Morgan fingerprint density at radius 2 is 0.556 bits per heavy atom. The predicted octanol–water partition coefficient (Wildman–Crippen LogP) is 10.1. The summed E-state index contributed by atoms with van der Waals surface area (Å²) in [4.78, 5) is 20.6. The Balaban J connectivity index is 0.00000280. The number of benzene rings is 6. The van der Waals surface area contributed by atoms with Crippen LogP contribution in [0.25, 0.3) is 0 Å². The van der Waals surface area contributed by atoms with Crippen LogP contribution in [0.15, 0.2) is 166 Å². The SMILES string of the molecule is Cc1cc2c(O)c(c1)C=NC(c1ccccc1)C(c1ccccc1)N=Cc1cc(C)cc(c1O)C=NC(c1ccccc1)C(c1ccccc1)N=C2.[Cu+].[Cu+]. The van der Waals surface area contributed by atoms with Gasteiger partial charge < -0.3 is 10.2 Å².